The highest BCUT2D eigenvalue weighted by molar-refractivity contribution is 5.96. The van der Waals surface area contributed by atoms with E-state index in [0.717, 1.165) is 50.8 Å². The normalized spacial score (nSPS) is 50.7. The summed E-state index contributed by atoms with van der Waals surface area (Å²) in [7, 11) is 0. The minimum Gasteiger partial charge on any atom is -0.393 e. The Hall–Kier alpha value is -1.01. The first kappa shape index (κ1) is 19.0. The first-order valence-electron chi connectivity index (χ1n) is 11.0. The number of hydrogen-bond donors (Lipinski definition) is 2. The van der Waals surface area contributed by atoms with E-state index in [1.807, 2.05) is 6.08 Å². The van der Waals surface area contributed by atoms with Crippen LogP contribution in [0.25, 0.3) is 0 Å². The molecule has 3 fully saturated rings. The molecular formula is C23H33NO4. The lowest BCUT2D eigenvalue weighted by Crippen LogP contribution is -2.55. The van der Waals surface area contributed by atoms with Gasteiger partial charge in [-0.2, -0.15) is 0 Å². The molecule has 0 unspecified atom stereocenters. The van der Waals surface area contributed by atoms with Crippen molar-refractivity contribution in [1.29, 1.82) is 0 Å². The maximum atomic E-state index is 11.2. The van der Waals surface area contributed by atoms with Gasteiger partial charge in [-0.3, -0.25) is 4.99 Å². The Morgan fingerprint density at radius 2 is 2.00 bits per heavy atom. The molecule has 5 nitrogen and oxygen atoms in total. The number of nitrogens with zero attached hydrogens (tertiary/aromatic N) is 1. The van der Waals surface area contributed by atoms with Crippen molar-refractivity contribution in [2.24, 2.45) is 22.2 Å². The third kappa shape index (κ3) is 2.85. The van der Waals surface area contributed by atoms with Crippen molar-refractivity contribution in [1.82, 2.24) is 0 Å². The summed E-state index contributed by atoms with van der Waals surface area (Å²) in [6, 6.07) is 0. The average molecular weight is 388 g/mol. The highest BCUT2D eigenvalue weighted by Crippen LogP contribution is 2.55. The fourth-order valence-corrected chi connectivity index (χ4v) is 6.65. The van der Waals surface area contributed by atoms with Crippen molar-refractivity contribution in [2.75, 3.05) is 6.54 Å². The largest absolute Gasteiger partial charge is 0.393 e. The zero-order chi connectivity index (χ0) is 19.5. The van der Waals surface area contributed by atoms with Crippen LogP contribution in [0.1, 0.15) is 58.3 Å². The van der Waals surface area contributed by atoms with Gasteiger partial charge in [-0.15, -0.1) is 0 Å². The molecule has 4 aliphatic heterocycles. The van der Waals surface area contributed by atoms with E-state index in [1.165, 1.54) is 5.57 Å². The van der Waals surface area contributed by atoms with Crippen molar-refractivity contribution >= 4 is 5.71 Å². The monoisotopic (exact) mass is 387 g/mol. The number of ether oxygens (including phenoxy) is 2. The summed E-state index contributed by atoms with van der Waals surface area (Å²) < 4.78 is 13.3. The number of aliphatic hydroxyl groups excluding tert-OH is 2. The third-order valence-electron chi connectivity index (χ3n) is 8.05. The van der Waals surface area contributed by atoms with Crippen LogP contribution >= 0.6 is 0 Å². The first-order valence-corrected chi connectivity index (χ1v) is 11.0. The van der Waals surface area contributed by atoms with E-state index in [1.54, 1.807) is 0 Å². The van der Waals surface area contributed by atoms with E-state index < -0.39 is 18.0 Å². The van der Waals surface area contributed by atoms with Crippen molar-refractivity contribution < 1.29 is 19.7 Å². The smallest absolute Gasteiger partial charge is 0.172 e. The summed E-state index contributed by atoms with van der Waals surface area (Å²) in [6.45, 7) is 6.92. The Balaban J connectivity index is 1.62. The standard InChI is InChI=1S/C23H33NO4/c1-3-15-4-6-22-8-9-24-21(22)18(26)13-23-7-5-19(27-23)14(2)10-16(25)12-20(28-23)17(22)11-15/h3,11,14,16-20,25-26H,1,4-10,12-13H2,2H3/t14-,16+,17+,18-,19-,20+,22+,23+/m0/s1. The number of rotatable bonds is 1. The Morgan fingerprint density at radius 3 is 2.82 bits per heavy atom. The van der Waals surface area contributed by atoms with Gasteiger partial charge >= 0.3 is 0 Å². The number of aliphatic hydroxyl groups is 2. The van der Waals surface area contributed by atoms with Gasteiger partial charge in [0, 0.05) is 42.9 Å². The van der Waals surface area contributed by atoms with Crippen LogP contribution in [0, 0.1) is 17.3 Å². The highest BCUT2D eigenvalue weighted by Gasteiger charge is 2.58. The second-order valence-electron chi connectivity index (χ2n) is 9.73. The van der Waals surface area contributed by atoms with Gasteiger partial charge in [0.2, 0.25) is 0 Å². The molecule has 0 aromatic carbocycles. The highest BCUT2D eigenvalue weighted by atomic mass is 16.7. The zero-order valence-electron chi connectivity index (χ0n) is 16.8. The second-order valence-corrected chi connectivity index (χ2v) is 9.73. The molecule has 0 aromatic rings. The SMILES string of the molecule is C=CC1=C[C@@H]2[C@H]3C[C@H](O)C[C@H](C)[C@@H]4CC[C@@](C[C@H](O)C5=NCC[C@@]52CC1)(O4)O3. The molecule has 5 aliphatic rings. The number of allylic oxidation sites excluding steroid dienone is 2. The Labute approximate surface area is 167 Å². The molecule has 2 spiro atoms. The van der Waals surface area contributed by atoms with Gasteiger partial charge in [0.25, 0.3) is 0 Å². The van der Waals surface area contributed by atoms with Crippen LogP contribution in [-0.4, -0.2) is 52.7 Å². The van der Waals surface area contributed by atoms with Crippen LogP contribution in [-0.2, 0) is 9.47 Å². The predicted octanol–water partition coefficient (Wildman–Crippen LogP) is 3.16. The molecule has 2 N–H and O–H groups in total. The van der Waals surface area contributed by atoms with Crippen LogP contribution in [0.15, 0.2) is 29.3 Å². The van der Waals surface area contributed by atoms with Crippen molar-refractivity contribution in [3.05, 3.63) is 24.3 Å². The molecule has 0 aromatic heterocycles. The average Bonchev–Trinajstić information content (AvgIpc) is 3.26. The third-order valence-corrected chi connectivity index (χ3v) is 8.05. The molecule has 3 saturated heterocycles. The zero-order valence-corrected chi connectivity index (χ0v) is 16.8. The minimum atomic E-state index is -0.760. The van der Waals surface area contributed by atoms with Gasteiger partial charge < -0.3 is 19.7 Å². The van der Waals surface area contributed by atoms with Crippen LogP contribution in [0.4, 0.5) is 0 Å². The van der Waals surface area contributed by atoms with E-state index in [0.29, 0.717) is 12.8 Å². The molecule has 3 bridgehead atoms. The molecule has 8 atom stereocenters. The summed E-state index contributed by atoms with van der Waals surface area (Å²) >= 11 is 0. The van der Waals surface area contributed by atoms with E-state index >= 15 is 0 Å². The number of fused-ring (bicyclic) bond motifs is 3. The molecule has 154 valence electrons. The lowest BCUT2D eigenvalue weighted by Gasteiger charge is -2.50. The van der Waals surface area contributed by atoms with Crippen molar-refractivity contribution in [3.8, 4) is 0 Å². The van der Waals surface area contributed by atoms with E-state index in [4.69, 9.17) is 14.5 Å². The van der Waals surface area contributed by atoms with Crippen LogP contribution < -0.4 is 0 Å². The fourth-order valence-electron chi connectivity index (χ4n) is 6.65. The summed E-state index contributed by atoms with van der Waals surface area (Å²) in [5, 5.41) is 22.1. The summed E-state index contributed by atoms with van der Waals surface area (Å²) in [5.41, 5.74) is 2.04. The summed E-state index contributed by atoms with van der Waals surface area (Å²) in [5.74, 6) is -0.383. The molecule has 1 aliphatic carbocycles. The molecule has 0 saturated carbocycles. The van der Waals surface area contributed by atoms with Gasteiger partial charge in [0.1, 0.15) is 0 Å². The van der Waals surface area contributed by atoms with Gasteiger partial charge in [-0.05, 0) is 38.0 Å². The molecular weight excluding hydrogens is 354 g/mol. The van der Waals surface area contributed by atoms with Gasteiger partial charge in [0.05, 0.1) is 24.4 Å². The van der Waals surface area contributed by atoms with E-state index in [9.17, 15) is 10.2 Å². The minimum absolute atomic E-state index is 0.0842. The van der Waals surface area contributed by atoms with Gasteiger partial charge in [-0.1, -0.05) is 31.2 Å². The molecule has 5 heteroatoms. The van der Waals surface area contributed by atoms with Crippen LogP contribution in [0.3, 0.4) is 0 Å². The molecule has 4 heterocycles. The maximum Gasteiger partial charge on any atom is 0.172 e. The number of aliphatic imine (C=N–C) groups is 1. The van der Waals surface area contributed by atoms with E-state index in [-0.39, 0.29) is 29.5 Å². The lowest BCUT2D eigenvalue weighted by molar-refractivity contribution is -0.274. The number of hydrogen-bond acceptors (Lipinski definition) is 5. The summed E-state index contributed by atoms with van der Waals surface area (Å²) in [4.78, 5) is 4.82. The Morgan fingerprint density at radius 1 is 1.18 bits per heavy atom. The summed E-state index contributed by atoms with van der Waals surface area (Å²) in [6.07, 6.45) is 9.58. The topological polar surface area (TPSA) is 71.3 Å². The molecule has 0 radical (unpaired) electrons. The Bertz CT molecular complexity index is 717. The maximum absolute atomic E-state index is 11.2. The van der Waals surface area contributed by atoms with E-state index in [2.05, 4.69) is 19.6 Å². The predicted molar refractivity (Wildman–Crippen MR) is 107 cm³/mol. The fraction of sp³-hybridized carbons (Fsp3) is 0.783. The van der Waals surface area contributed by atoms with Gasteiger partial charge in [0.15, 0.2) is 5.79 Å². The van der Waals surface area contributed by atoms with Crippen LogP contribution in [0.2, 0.25) is 0 Å². The first-order chi connectivity index (χ1) is 13.4. The van der Waals surface area contributed by atoms with Gasteiger partial charge in [-0.25, -0.2) is 0 Å². The molecule has 28 heavy (non-hydrogen) atoms. The second kappa shape index (κ2) is 6.76. The van der Waals surface area contributed by atoms with Crippen molar-refractivity contribution in [2.45, 2.75) is 88.5 Å². The quantitative estimate of drug-likeness (QED) is 0.725. The molecule has 5 rings (SSSR count). The molecule has 0 amide bonds. The van der Waals surface area contributed by atoms with Crippen molar-refractivity contribution in [3.63, 3.8) is 0 Å². The lowest BCUT2D eigenvalue weighted by atomic mass is 9.59. The Kier molecular flexibility index (Phi) is 4.58. The van der Waals surface area contributed by atoms with Crippen LogP contribution in [0.5, 0.6) is 0 Å².